The number of anilines is 1. The molecular weight excluding hydrogens is 393 g/mol. The van der Waals surface area contributed by atoms with Crippen molar-refractivity contribution >= 4 is 40.6 Å². The van der Waals surface area contributed by atoms with E-state index in [0.29, 0.717) is 16.8 Å². The van der Waals surface area contributed by atoms with E-state index < -0.39 is 33.9 Å². The second-order valence-electron chi connectivity index (χ2n) is 5.15. The van der Waals surface area contributed by atoms with E-state index in [1.54, 1.807) is 24.3 Å². The quantitative estimate of drug-likeness (QED) is 0.534. The summed E-state index contributed by atoms with van der Waals surface area (Å²) in [7, 11) is 0. The lowest BCUT2D eigenvalue weighted by atomic mass is 10.1. The molecule has 0 aliphatic rings. The summed E-state index contributed by atoms with van der Waals surface area (Å²) in [6.45, 7) is 0. The summed E-state index contributed by atoms with van der Waals surface area (Å²) in [5.41, 5.74) is -1.56. The van der Waals surface area contributed by atoms with Gasteiger partial charge in [-0.3, -0.25) is 14.9 Å². The van der Waals surface area contributed by atoms with Crippen molar-refractivity contribution in [3.05, 3.63) is 68.7 Å². The molecule has 0 aliphatic heterocycles. The summed E-state index contributed by atoms with van der Waals surface area (Å²) in [4.78, 5) is 21.6. The van der Waals surface area contributed by atoms with Crippen LogP contribution in [-0.2, 0) is 16.7 Å². The number of hydrogen-bond acceptors (Lipinski definition) is 4. The summed E-state index contributed by atoms with van der Waals surface area (Å²) in [6.07, 6.45) is -4.83. The molecule has 0 fully saturated rings. The standard InChI is InChI=1S/C16H12ClF3N2O3S/c17-11-3-1-10(2-4-11)8-26-9-15(23)21-14-6-5-12(22(24)25)7-13(14)16(18,19)20/h1-7H,8-9H2,(H,21,23). The molecule has 0 spiro atoms. The zero-order valence-electron chi connectivity index (χ0n) is 13.0. The molecule has 0 heterocycles. The second kappa shape index (κ2) is 8.41. The van der Waals surface area contributed by atoms with Gasteiger partial charge in [0.05, 0.1) is 21.9 Å². The SMILES string of the molecule is O=C(CSCc1ccc(Cl)cc1)Nc1ccc([N+](=O)[O-])cc1C(F)(F)F. The van der Waals surface area contributed by atoms with E-state index >= 15 is 0 Å². The van der Waals surface area contributed by atoms with Crippen LogP contribution in [0.1, 0.15) is 11.1 Å². The van der Waals surface area contributed by atoms with Crippen LogP contribution < -0.4 is 5.32 Å². The third-order valence-corrected chi connectivity index (χ3v) is 4.46. The number of benzene rings is 2. The van der Waals surface area contributed by atoms with Gasteiger partial charge in [0.15, 0.2) is 0 Å². The van der Waals surface area contributed by atoms with Crippen LogP contribution in [0.3, 0.4) is 0 Å². The van der Waals surface area contributed by atoms with Crippen molar-refractivity contribution in [3.8, 4) is 0 Å². The van der Waals surface area contributed by atoms with Crippen molar-refractivity contribution in [2.24, 2.45) is 0 Å². The van der Waals surface area contributed by atoms with Crippen LogP contribution in [0.15, 0.2) is 42.5 Å². The van der Waals surface area contributed by atoms with Crippen molar-refractivity contribution in [2.75, 3.05) is 11.1 Å². The smallest absolute Gasteiger partial charge is 0.325 e. The molecule has 2 aromatic rings. The van der Waals surface area contributed by atoms with Gasteiger partial charge in [0, 0.05) is 22.9 Å². The Bertz CT molecular complexity index is 813. The molecule has 0 unspecified atom stereocenters. The van der Waals surface area contributed by atoms with Gasteiger partial charge in [-0.15, -0.1) is 11.8 Å². The average Bonchev–Trinajstić information content (AvgIpc) is 2.56. The molecular formula is C16H12ClF3N2O3S. The Morgan fingerprint density at radius 3 is 2.42 bits per heavy atom. The third-order valence-electron chi connectivity index (χ3n) is 3.21. The van der Waals surface area contributed by atoms with Gasteiger partial charge < -0.3 is 5.32 Å². The number of hydrogen-bond donors (Lipinski definition) is 1. The van der Waals surface area contributed by atoms with Gasteiger partial charge in [-0.2, -0.15) is 13.2 Å². The van der Waals surface area contributed by atoms with Crippen LogP contribution in [0.5, 0.6) is 0 Å². The van der Waals surface area contributed by atoms with Crippen LogP contribution in [0.2, 0.25) is 5.02 Å². The lowest BCUT2D eigenvalue weighted by molar-refractivity contribution is -0.385. The van der Waals surface area contributed by atoms with E-state index in [2.05, 4.69) is 5.32 Å². The van der Waals surface area contributed by atoms with Crippen molar-refractivity contribution in [2.45, 2.75) is 11.9 Å². The number of nitro benzene ring substituents is 1. The normalized spacial score (nSPS) is 11.2. The first kappa shape index (κ1) is 20.1. The molecule has 10 heteroatoms. The lowest BCUT2D eigenvalue weighted by Gasteiger charge is -2.13. The Morgan fingerprint density at radius 2 is 1.85 bits per heavy atom. The number of non-ortho nitro benzene ring substituents is 1. The molecule has 26 heavy (non-hydrogen) atoms. The number of nitrogens with one attached hydrogen (secondary N) is 1. The summed E-state index contributed by atoms with van der Waals surface area (Å²) in [5.74, 6) is -0.225. The summed E-state index contributed by atoms with van der Waals surface area (Å²) >= 11 is 6.98. The van der Waals surface area contributed by atoms with E-state index in [1.807, 2.05) is 0 Å². The minimum atomic E-state index is -4.83. The topological polar surface area (TPSA) is 72.2 Å². The predicted octanol–water partition coefficient (Wildman–Crippen LogP) is 5.14. The first-order valence-electron chi connectivity index (χ1n) is 7.14. The molecule has 5 nitrogen and oxygen atoms in total. The van der Waals surface area contributed by atoms with Gasteiger partial charge >= 0.3 is 6.18 Å². The number of rotatable bonds is 6. The molecule has 1 N–H and O–H groups in total. The van der Waals surface area contributed by atoms with Gasteiger partial charge in [-0.1, -0.05) is 23.7 Å². The molecule has 138 valence electrons. The first-order valence-corrected chi connectivity index (χ1v) is 8.68. The highest BCUT2D eigenvalue weighted by Gasteiger charge is 2.35. The van der Waals surface area contributed by atoms with E-state index in [9.17, 15) is 28.1 Å². The Balaban J connectivity index is 2.01. The molecule has 0 aliphatic carbocycles. The van der Waals surface area contributed by atoms with Gasteiger partial charge in [-0.25, -0.2) is 0 Å². The minimum Gasteiger partial charge on any atom is -0.325 e. The molecule has 0 aromatic heterocycles. The van der Waals surface area contributed by atoms with Crippen LogP contribution in [0.4, 0.5) is 24.5 Å². The molecule has 0 saturated carbocycles. The fourth-order valence-electron chi connectivity index (χ4n) is 2.02. The molecule has 2 aromatic carbocycles. The van der Waals surface area contributed by atoms with E-state index in [4.69, 9.17) is 11.6 Å². The Hall–Kier alpha value is -2.26. The number of carbonyl (C=O) groups excluding carboxylic acids is 1. The van der Waals surface area contributed by atoms with Gasteiger partial charge in [-0.05, 0) is 23.8 Å². The van der Waals surface area contributed by atoms with E-state index in [0.717, 1.165) is 17.7 Å². The zero-order chi connectivity index (χ0) is 19.3. The number of carbonyl (C=O) groups is 1. The summed E-state index contributed by atoms with van der Waals surface area (Å²) in [6, 6.07) is 9.15. The number of nitro groups is 1. The van der Waals surface area contributed by atoms with Gasteiger partial charge in [0.2, 0.25) is 5.91 Å². The summed E-state index contributed by atoms with van der Waals surface area (Å²) < 4.78 is 39.2. The fourth-order valence-corrected chi connectivity index (χ4v) is 2.93. The van der Waals surface area contributed by atoms with Crippen LogP contribution >= 0.6 is 23.4 Å². The zero-order valence-corrected chi connectivity index (χ0v) is 14.6. The number of halogens is 4. The molecule has 0 saturated heterocycles. The van der Waals surface area contributed by atoms with Crippen molar-refractivity contribution in [1.29, 1.82) is 0 Å². The number of thioether (sulfide) groups is 1. The molecule has 0 bridgehead atoms. The maximum Gasteiger partial charge on any atom is 0.418 e. The van der Waals surface area contributed by atoms with Crippen LogP contribution in [-0.4, -0.2) is 16.6 Å². The maximum atomic E-state index is 13.1. The number of nitrogens with zero attached hydrogens (tertiary/aromatic N) is 1. The monoisotopic (exact) mass is 404 g/mol. The second-order valence-corrected chi connectivity index (χ2v) is 6.57. The largest absolute Gasteiger partial charge is 0.418 e. The molecule has 0 radical (unpaired) electrons. The van der Waals surface area contributed by atoms with E-state index in [-0.39, 0.29) is 5.75 Å². The number of alkyl halides is 3. The summed E-state index contributed by atoms with van der Waals surface area (Å²) in [5, 5.41) is 13.4. The van der Waals surface area contributed by atoms with Crippen molar-refractivity contribution < 1.29 is 22.9 Å². The predicted molar refractivity (Wildman–Crippen MR) is 94.3 cm³/mol. The number of amides is 1. The highest BCUT2D eigenvalue weighted by atomic mass is 35.5. The molecule has 0 atom stereocenters. The third kappa shape index (κ3) is 5.63. The van der Waals surface area contributed by atoms with Gasteiger partial charge in [0.25, 0.3) is 5.69 Å². The fraction of sp³-hybridized carbons (Fsp3) is 0.188. The van der Waals surface area contributed by atoms with Crippen LogP contribution in [0.25, 0.3) is 0 Å². The Kier molecular flexibility index (Phi) is 6.49. The maximum absolute atomic E-state index is 13.1. The highest BCUT2D eigenvalue weighted by Crippen LogP contribution is 2.37. The Labute approximate surface area is 155 Å². The molecule has 1 amide bonds. The molecule has 2 rings (SSSR count). The first-order chi connectivity index (χ1) is 12.2. The lowest BCUT2D eigenvalue weighted by Crippen LogP contribution is -2.18. The van der Waals surface area contributed by atoms with Crippen LogP contribution in [0, 0.1) is 10.1 Å². The van der Waals surface area contributed by atoms with Gasteiger partial charge in [0.1, 0.15) is 0 Å². The van der Waals surface area contributed by atoms with E-state index in [1.165, 1.54) is 11.8 Å². The Morgan fingerprint density at radius 1 is 1.19 bits per heavy atom. The minimum absolute atomic E-state index is 0.0725. The van der Waals surface area contributed by atoms with Crippen molar-refractivity contribution in [3.63, 3.8) is 0 Å². The highest BCUT2D eigenvalue weighted by molar-refractivity contribution is 7.99. The van der Waals surface area contributed by atoms with Crippen molar-refractivity contribution in [1.82, 2.24) is 0 Å². The average molecular weight is 405 g/mol.